The number of hydrogen-bond acceptors (Lipinski definition) is 7. The van der Waals surface area contributed by atoms with Gasteiger partial charge in [0.15, 0.2) is 0 Å². The van der Waals surface area contributed by atoms with Crippen LogP contribution < -0.4 is 16.2 Å². The Balaban J connectivity index is 1.47. The summed E-state index contributed by atoms with van der Waals surface area (Å²) in [5, 5.41) is 10.1. The van der Waals surface area contributed by atoms with Gasteiger partial charge in [0.25, 0.3) is 5.56 Å². The van der Waals surface area contributed by atoms with E-state index in [1.807, 2.05) is 41.6 Å². The highest BCUT2D eigenvalue weighted by molar-refractivity contribution is 7.18. The molecular formula is C24H25N5O3S2. The molecule has 3 heterocycles. The molecule has 0 aliphatic heterocycles. The predicted octanol–water partition coefficient (Wildman–Crippen LogP) is 4.69. The molecule has 4 aromatic rings. The Morgan fingerprint density at radius 3 is 2.44 bits per heavy atom. The van der Waals surface area contributed by atoms with Crippen LogP contribution in [-0.4, -0.2) is 39.8 Å². The summed E-state index contributed by atoms with van der Waals surface area (Å²) in [7, 11) is 0. The number of fused-ring (bicyclic) bond motifs is 1. The van der Waals surface area contributed by atoms with E-state index in [4.69, 9.17) is 4.98 Å². The van der Waals surface area contributed by atoms with Gasteiger partial charge in [-0.1, -0.05) is 13.0 Å². The lowest BCUT2D eigenvalue weighted by atomic mass is 10.2. The van der Waals surface area contributed by atoms with Crippen molar-refractivity contribution < 1.29 is 9.59 Å². The number of nitrogens with one attached hydrogen (secondary N) is 3. The Labute approximate surface area is 204 Å². The summed E-state index contributed by atoms with van der Waals surface area (Å²) in [6.07, 6.45) is 0. The highest BCUT2D eigenvalue weighted by atomic mass is 32.1. The lowest BCUT2D eigenvalue weighted by molar-refractivity contribution is -0.118. The smallest absolute Gasteiger partial charge is 0.260 e. The minimum absolute atomic E-state index is 0.137. The summed E-state index contributed by atoms with van der Waals surface area (Å²) in [5.74, 6) is 0.200. The molecule has 0 aliphatic carbocycles. The maximum atomic E-state index is 12.9. The molecule has 8 nitrogen and oxygen atoms in total. The molecule has 3 aromatic heterocycles. The zero-order valence-corrected chi connectivity index (χ0v) is 20.7. The molecule has 0 radical (unpaired) electrons. The van der Waals surface area contributed by atoms with Gasteiger partial charge in [-0.3, -0.25) is 19.3 Å². The van der Waals surface area contributed by atoms with Crippen molar-refractivity contribution in [3.63, 3.8) is 0 Å². The summed E-state index contributed by atoms with van der Waals surface area (Å²) in [5.41, 5.74) is 2.03. The standard InChI is InChI=1S/C24H25N5O3S2/c1-4-29(12-20(31)26-17-9-7-16(8-10-17)25-15(3)30)14(2)22-27-23(32)21-18(13-34-24(21)28-22)19-6-5-11-33-19/h5-11,13-14H,4,12H2,1-3H3,(H,25,30)(H,26,31)(H,27,28,32)/t14-/m1/s1. The minimum atomic E-state index is -0.262. The molecule has 2 amide bonds. The van der Waals surface area contributed by atoms with Crippen LogP contribution in [0.2, 0.25) is 0 Å². The molecule has 176 valence electrons. The van der Waals surface area contributed by atoms with E-state index in [1.54, 1.807) is 35.6 Å². The van der Waals surface area contributed by atoms with Crippen LogP contribution in [-0.2, 0) is 9.59 Å². The molecule has 1 atom stereocenters. The molecule has 0 saturated heterocycles. The fourth-order valence-electron chi connectivity index (χ4n) is 3.70. The Morgan fingerprint density at radius 2 is 1.82 bits per heavy atom. The molecule has 3 N–H and O–H groups in total. The number of carbonyl (C=O) groups is 2. The summed E-state index contributed by atoms with van der Waals surface area (Å²) in [6, 6.07) is 10.6. The van der Waals surface area contributed by atoms with Gasteiger partial charge in [-0.05, 0) is 49.2 Å². The number of anilines is 2. The van der Waals surface area contributed by atoms with Crippen LogP contribution in [0.25, 0.3) is 20.7 Å². The van der Waals surface area contributed by atoms with Crippen molar-refractivity contribution in [2.45, 2.75) is 26.8 Å². The number of thiophene rings is 2. The van der Waals surface area contributed by atoms with Gasteiger partial charge in [0.05, 0.1) is 18.0 Å². The first-order valence-corrected chi connectivity index (χ1v) is 12.6. The number of aromatic amines is 1. The fraction of sp³-hybridized carbons (Fsp3) is 0.250. The Bertz CT molecular complexity index is 1360. The van der Waals surface area contributed by atoms with E-state index in [0.717, 1.165) is 10.4 Å². The first-order chi connectivity index (χ1) is 16.4. The van der Waals surface area contributed by atoms with Crippen LogP contribution >= 0.6 is 22.7 Å². The summed E-state index contributed by atoms with van der Waals surface area (Å²) >= 11 is 3.04. The average molecular weight is 496 g/mol. The largest absolute Gasteiger partial charge is 0.326 e. The first kappa shape index (κ1) is 23.8. The van der Waals surface area contributed by atoms with E-state index in [-0.39, 0.29) is 30.0 Å². The van der Waals surface area contributed by atoms with Crippen molar-refractivity contribution in [1.29, 1.82) is 0 Å². The lowest BCUT2D eigenvalue weighted by Gasteiger charge is -2.26. The second-order valence-corrected chi connectivity index (χ2v) is 9.61. The number of hydrogen-bond donors (Lipinski definition) is 3. The minimum Gasteiger partial charge on any atom is -0.326 e. The maximum absolute atomic E-state index is 12.9. The first-order valence-electron chi connectivity index (χ1n) is 10.8. The summed E-state index contributed by atoms with van der Waals surface area (Å²) in [4.78, 5) is 48.1. The molecule has 0 spiro atoms. The Kier molecular flexibility index (Phi) is 7.20. The molecule has 10 heteroatoms. The van der Waals surface area contributed by atoms with Crippen molar-refractivity contribution in [1.82, 2.24) is 14.9 Å². The van der Waals surface area contributed by atoms with Gasteiger partial charge in [0.1, 0.15) is 10.7 Å². The molecule has 0 aliphatic rings. The number of carbonyl (C=O) groups excluding carboxylic acids is 2. The van der Waals surface area contributed by atoms with E-state index in [1.165, 1.54) is 18.3 Å². The third-order valence-corrected chi connectivity index (χ3v) is 7.21. The molecule has 4 rings (SSSR count). The van der Waals surface area contributed by atoms with Gasteiger partial charge in [0.2, 0.25) is 11.8 Å². The zero-order chi connectivity index (χ0) is 24.2. The van der Waals surface area contributed by atoms with Crippen molar-refractivity contribution in [3.8, 4) is 10.4 Å². The zero-order valence-electron chi connectivity index (χ0n) is 19.0. The van der Waals surface area contributed by atoms with Crippen LogP contribution in [0.1, 0.15) is 32.6 Å². The summed E-state index contributed by atoms with van der Waals surface area (Å²) < 4.78 is 0. The molecular weight excluding hydrogens is 470 g/mol. The third kappa shape index (κ3) is 5.24. The van der Waals surface area contributed by atoms with Gasteiger partial charge >= 0.3 is 0 Å². The number of likely N-dealkylation sites (N-methyl/N-ethyl adjacent to an activating group) is 1. The monoisotopic (exact) mass is 495 g/mol. The van der Waals surface area contributed by atoms with E-state index in [0.29, 0.717) is 34.0 Å². The summed E-state index contributed by atoms with van der Waals surface area (Å²) in [6.45, 7) is 6.07. The SMILES string of the molecule is CCN(CC(=O)Nc1ccc(NC(C)=O)cc1)[C@H](C)c1nc2scc(-c3cccs3)c2c(=O)[nH]1. The van der Waals surface area contributed by atoms with Crippen LogP contribution in [0.15, 0.2) is 52.0 Å². The van der Waals surface area contributed by atoms with Crippen LogP contribution in [0.4, 0.5) is 11.4 Å². The molecule has 0 unspecified atom stereocenters. The van der Waals surface area contributed by atoms with E-state index >= 15 is 0 Å². The number of amides is 2. The Morgan fingerprint density at radius 1 is 1.12 bits per heavy atom. The molecule has 0 fully saturated rings. The highest BCUT2D eigenvalue weighted by Crippen LogP contribution is 2.34. The van der Waals surface area contributed by atoms with Gasteiger partial charge < -0.3 is 15.6 Å². The van der Waals surface area contributed by atoms with Crippen LogP contribution in [0.3, 0.4) is 0 Å². The second kappa shape index (κ2) is 10.3. The number of nitrogens with zero attached hydrogens (tertiary/aromatic N) is 2. The van der Waals surface area contributed by atoms with Crippen molar-refractivity contribution in [3.05, 3.63) is 63.3 Å². The van der Waals surface area contributed by atoms with Crippen LogP contribution in [0.5, 0.6) is 0 Å². The molecule has 34 heavy (non-hydrogen) atoms. The van der Waals surface area contributed by atoms with Gasteiger partial charge in [-0.25, -0.2) is 4.98 Å². The predicted molar refractivity (Wildman–Crippen MR) is 139 cm³/mol. The number of benzene rings is 1. The van der Waals surface area contributed by atoms with Gasteiger partial charge in [0, 0.05) is 34.1 Å². The van der Waals surface area contributed by atoms with E-state index < -0.39 is 0 Å². The topological polar surface area (TPSA) is 107 Å². The normalized spacial score (nSPS) is 12.1. The number of aromatic nitrogens is 2. The van der Waals surface area contributed by atoms with E-state index in [2.05, 4.69) is 15.6 Å². The maximum Gasteiger partial charge on any atom is 0.260 e. The van der Waals surface area contributed by atoms with E-state index in [9.17, 15) is 14.4 Å². The quantitative estimate of drug-likeness (QED) is 0.329. The molecule has 0 saturated carbocycles. The van der Waals surface area contributed by atoms with Crippen molar-refractivity contribution in [2.75, 3.05) is 23.7 Å². The molecule has 1 aromatic carbocycles. The van der Waals surface area contributed by atoms with Crippen LogP contribution in [0, 0.1) is 0 Å². The fourth-order valence-corrected chi connectivity index (χ4v) is 5.47. The third-order valence-electron chi connectivity index (χ3n) is 5.43. The van der Waals surface area contributed by atoms with Crippen molar-refractivity contribution in [2.24, 2.45) is 0 Å². The number of rotatable bonds is 8. The Hall–Kier alpha value is -3.34. The average Bonchev–Trinajstić information content (AvgIpc) is 3.48. The lowest BCUT2D eigenvalue weighted by Crippen LogP contribution is -2.36. The highest BCUT2D eigenvalue weighted by Gasteiger charge is 2.22. The van der Waals surface area contributed by atoms with Crippen molar-refractivity contribution >= 4 is 56.1 Å². The molecule has 0 bridgehead atoms. The number of H-pyrrole nitrogens is 1. The second-order valence-electron chi connectivity index (χ2n) is 7.80. The van der Waals surface area contributed by atoms with Gasteiger partial charge in [-0.15, -0.1) is 22.7 Å². The van der Waals surface area contributed by atoms with Gasteiger partial charge in [-0.2, -0.15) is 0 Å².